The first-order valence-electron chi connectivity index (χ1n) is 8.84. The van der Waals surface area contributed by atoms with E-state index in [1.165, 1.54) is 0 Å². The maximum Gasteiger partial charge on any atom is 0.341 e. The number of hydrogen-bond acceptors (Lipinski definition) is 4. The van der Waals surface area contributed by atoms with Crippen molar-refractivity contribution in [2.75, 3.05) is 11.9 Å². The van der Waals surface area contributed by atoms with E-state index < -0.39 is 18.5 Å². The van der Waals surface area contributed by atoms with E-state index in [2.05, 4.69) is 5.32 Å². The Morgan fingerprint density at radius 2 is 1.93 bits per heavy atom. The van der Waals surface area contributed by atoms with E-state index in [1.54, 1.807) is 12.1 Å². The van der Waals surface area contributed by atoms with Crippen LogP contribution in [0.4, 0.5) is 5.69 Å². The summed E-state index contributed by atoms with van der Waals surface area (Å²) in [6.45, 7) is 1.44. The van der Waals surface area contributed by atoms with Crippen LogP contribution < -0.4 is 10.1 Å². The fraction of sp³-hybridized carbons (Fsp3) is 0.190. The van der Waals surface area contributed by atoms with Crippen molar-refractivity contribution in [3.63, 3.8) is 0 Å². The molecular formula is C21H20N2O5. The van der Waals surface area contributed by atoms with Crippen LogP contribution >= 0.6 is 0 Å². The predicted molar refractivity (Wildman–Crippen MR) is 104 cm³/mol. The van der Waals surface area contributed by atoms with E-state index in [9.17, 15) is 14.4 Å². The second kappa shape index (κ2) is 8.39. The molecule has 0 spiro atoms. The summed E-state index contributed by atoms with van der Waals surface area (Å²) in [5.41, 5.74) is 3.88. The highest BCUT2D eigenvalue weighted by Crippen LogP contribution is 2.36. The average Bonchev–Trinajstić information content (AvgIpc) is 3.00. The summed E-state index contributed by atoms with van der Waals surface area (Å²) >= 11 is 0. The maximum absolute atomic E-state index is 11.8. The van der Waals surface area contributed by atoms with Gasteiger partial charge in [-0.15, -0.1) is 0 Å². The maximum atomic E-state index is 11.8. The Hall–Kier alpha value is -3.61. The zero-order chi connectivity index (χ0) is 20.1. The summed E-state index contributed by atoms with van der Waals surface area (Å²) in [6.07, 6.45) is 3.25. The van der Waals surface area contributed by atoms with Crippen LogP contribution in [0.25, 0.3) is 5.52 Å². The van der Waals surface area contributed by atoms with E-state index in [0.29, 0.717) is 29.8 Å². The molecule has 2 aromatic heterocycles. The van der Waals surface area contributed by atoms with Gasteiger partial charge >= 0.3 is 5.97 Å². The minimum Gasteiger partial charge on any atom is -0.480 e. The Balaban J connectivity index is 2.21. The molecule has 7 nitrogen and oxygen atoms in total. The number of fused-ring (bicyclic) bond motifs is 1. The molecule has 1 aromatic carbocycles. The molecule has 28 heavy (non-hydrogen) atoms. The Morgan fingerprint density at radius 3 is 2.57 bits per heavy atom. The number of nitrogens with one attached hydrogen (secondary N) is 1. The monoisotopic (exact) mass is 380 g/mol. The minimum atomic E-state index is -1.10. The molecule has 0 aliphatic carbocycles. The number of ether oxygens (including phenoxy) is 1. The SMILES string of the molecule is CCc1c(NC(=O)C=O)c2c(OCC(=O)O)cccn2c1Cc1ccccc1. The zero-order valence-corrected chi connectivity index (χ0v) is 15.3. The molecule has 2 heterocycles. The number of nitrogens with zero attached hydrogens (tertiary/aromatic N) is 1. The first-order valence-corrected chi connectivity index (χ1v) is 8.84. The largest absolute Gasteiger partial charge is 0.480 e. The molecule has 3 aromatic rings. The summed E-state index contributed by atoms with van der Waals surface area (Å²) in [4.78, 5) is 33.7. The Morgan fingerprint density at radius 1 is 1.18 bits per heavy atom. The van der Waals surface area contributed by atoms with Crippen molar-refractivity contribution in [3.05, 3.63) is 65.5 Å². The van der Waals surface area contributed by atoms with Crippen LogP contribution in [0.2, 0.25) is 0 Å². The van der Waals surface area contributed by atoms with Crippen LogP contribution in [-0.4, -0.2) is 34.3 Å². The van der Waals surface area contributed by atoms with Gasteiger partial charge in [-0.3, -0.25) is 9.59 Å². The van der Waals surface area contributed by atoms with Crippen molar-refractivity contribution < 1.29 is 24.2 Å². The molecule has 1 amide bonds. The number of amides is 1. The van der Waals surface area contributed by atoms with Crippen molar-refractivity contribution >= 4 is 29.4 Å². The molecule has 0 unspecified atom stereocenters. The van der Waals surface area contributed by atoms with Crippen LogP contribution in [0.15, 0.2) is 48.7 Å². The third-order valence-corrected chi connectivity index (χ3v) is 4.41. The zero-order valence-electron chi connectivity index (χ0n) is 15.3. The van der Waals surface area contributed by atoms with Gasteiger partial charge < -0.3 is 19.6 Å². The summed E-state index contributed by atoms with van der Waals surface area (Å²) in [5, 5.41) is 11.6. The van der Waals surface area contributed by atoms with Crippen molar-refractivity contribution in [3.8, 4) is 5.75 Å². The van der Waals surface area contributed by atoms with Gasteiger partial charge in [-0.1, -0.05) is 37.3 Å². The van der Waals surface area contributed by atoms with Gasteiger partial charge in [0.05, 0.1) is 5.69 Å². The number of aromatic nitrogens is 1. The van der Waals surface area contributed by atoms with Gasteiger partial charge in [0.1, 0.15) is 11.3 Å². The van der Waals surface area contributed by atoms with E-state index in [-0.39, 0.29) is 6.29 Å². The Bertz CT molecular complexity index is 1020. The molecule has 7 heteroatoms. The lowest BCUT2D eigenvalue weighted by Crippen LogP contribution is -2.14. The van der Waals surface area contributed by atoms with Crippen LogP contribution in [0, 0.1) is 0 Å². The number of carboxylic acids is 1. The molecule has 0 saturated carbocycles. The van der Waals surface area contributed by atoms with E-state index in [4.69, 9.17) is 9.84 Å². The number of carbonyl (C=O) groups is 3. The summed E-state index contributed by atoms with van der Waals surface area (Å²) in [6, 6.07) is 13.2. The summed E-state index contributed by atoms with van der Waals surface area (Å²) in [7, 11) is 0. The third kappa shape index (κ3) is 3.88. The topological polar surface area (TPSA) is 97.1 Å². The lowest BCUT2D eigenvalue weighted by molar-refractivity contribution is -0.139. The van der Waals surface area contributed by atoms with E-state index in [0.717, 1.165) is 16.8 Å². The third-order valence-electron chi connectivity index (χ3n) is 4.41. The molecule has 0 saturated heterocycles. The smallest absolute Gasteiger partial charge is 0.341 e. The second-order valence-corrected chi connectivity index (χ2v) is 6.20. The van der Waals surface area contributed by atoms with Crippen LogP contribution in [0.3, 0.4) is 0 Å². The number of aldehydes is 1. The number of benzene rings is 1. The van der Waals surface area contributed by atoms with Gasteiger partial charge in [0.25, 0.3) is 5.91 Å². The lowest BCUT2D eigenvalue weighted by atomic mass is 10.0. The fourth-order valence-electron chi connectivity index (χ4n) is 3.30. The van der Waals surface area contributed by atoms with Crippen LogP contribution in [0.1, 0.15) is 23.7 Å². The number of pyridine rings is 1. The molecule has 0 fully saturated rings. The number of carboxylic acid groups (broad SMARTS) is 1. The molecule has 3 rings (SSSR count). The number of rotatable bonds is 8. The van der Waals surface area contributed by atoms with Crippen molar-refractivity contribution in [1.82, 2.24) is 4.40 Å². The molecule has 0 aliphatic rings. The molecule has 144 valence electrons. The highest BCUT2D eigenvalue weighted by atomic mass is 16.5. The first kappa shape index (κ1) is 19.2. The molecule has 2 N–H and O–H groups in total. The summed E-state index contributed by atoms with van der Waals surface area (Å²) in [5.74, 6) is -1.56. The molecule has 0 radical (unpaired) electrons. The predicted octanol–water partition coefficient (Wildman–Crippen LogP) is 2.69. The van der Waals surface area contributed by atoms with E-state index in [1.807, 2.05) is 47.9 Å². The van der Waals surface area contributed by atoms with Crippen LogP contribution in [-0.2, 0) is 27.2 Å². The van der Waals surface area contributed by atoms with E-state index >= 15 is 0 Å². The second-order valence-electron chi connectivity index (χ2n) is 6.20. The standard InChI is InChI=1S/C21H20N2O5/c1-2-15-16(11-14-7-4-3-5-8-14)23-10-6-9-17(28-13-19(26)27)21(23)20(15)22-18(25)12-24/h3-10,12H,2,11,13H2,1H3,(H,22,25)(H,26,27). The van der Waals surface area contributed by atoms with Crippen molar-refractivity contribution in [1.29, 1.82) is 0 Å². The molecular weight excluding hydrogens is 360 g/mol. The number of hydrogen-bond donors (Lipinski definition) is 2. The molecule has 0 atom stereocenters. The lowest BCUT2D eigenvalue weighted by Gasteiger charge is -2.09. The Labute approximate surface area is 161 Å². The molecule has 0 aliphatic heterocycles. The average molecular weight is 380 g/mol. The first-order chi connectivity index (χ1) is 13.5. The number of aliphatic carboxylic acids is 1. The molecule has 0 bridgehead atoms. The van der Waals surface area contributed by atoms with Gasteiger partial charge in [0.2, 0.25) is 6.29 Å². The number of anilines is 1. The quantitative estimate of drug-likeness (QED) is 0.463. The van der Waals surface area contributed by atoms with Gasteiger partial charge in [-0.05, 0) is 29.7 Å². The van der Waals surface area contributed by atoms with Crippen molar-refractivity contribution in [2.24, 2.45) is 0 Å². The highest BCUT2D eigenvalue weighted by molar-refractivity contribution is 6.30. The van der Waals surface area contributed by atoms with Gasteiger partial charge in [0, 0.05) is 18.3 Å². The normalized spacial score (nSPS) is 10.6. The van der Waals surface area contributed by atoms with Gasteiger partial charge in [0.15, 0.2) is 6.61 Å². The Kier molecular flexibility index (Phi) is 5.74. The van der Waals surface area contributed by atoms with Gasteiger partial charge in [-0.25, -0.2) is 4.79 Å². The summed E-state index contributed by atoms with van der Waals surface area (Å²) < 4.78 is 7.32. The minimum absolute atomic E-state index is 0.209. The fourth-order valence-corrected chi connectivity index (χ4v) is 3.30. The number of carbonyl (C=O) groups excluding carboxylic acids is 2. The van der Waals surface area contributed by atoms with Crippen molar-refractivity contribution in [2.45, 2.75) is 19.8 Å². The highest BCUT2D eigenvalue weighted by Gasteiger charge is 2.22. The van der Waals surface area contributed by atoms with Crippen LogP contribution in [0.5, 0.6) is 5.75 Å². The van der Waals surface area contributed by atoms with Gasteiger partial charge in [-0.2, -0.15) is 0 Å².